The Hall–Kier alpha value is -9.25. The Labute approximate surface area is 647 Å². The molecule has 38 nitrogen and oxygen atoms in total. The molecule has 110 heavy (non-hydrogen) atoms. The number of aliphatic hydroxyl groups is 2. The van der Waals surface area contributed by atoms with Crippen molar-refractivity contribution in [3.63, 3.8) is 0 Å². The summed E-state index contributed by atoms with van der Waals surface area (Å²) in [5.41, 5.74) is 12.5. The zero-order chi connectivity index (χ0) is 82.8. The van der Waals surface area contributed by atoms with Crippen molar-refractivity contribution < 1.29 is 112 Å². The molecule has 1 aromatic carbocycles. The third-order valence-electron chi connectivity index (χ3n) is 18.0. The van der Waals surface area contributed by atoms with E-state index in [0.29, 0.717) is 24.2 Å². The maximum Gasteiger partial charge on any atom is 0.328 e. The molecule has 0 spiro atoms. The van der Waals surface area contributed by atoms with Crippen LogP contribution in [0.3, 0.4) is 0 Å². The first-order valence-corrected chi connectivity index (χ1v) is 38.5. The molecule has 13 amide bonds. The van der Waals surface area contributed by atoms with E-state index in [1.165, 1.54) is 25.6 Å². The molecule has 0 aliphatic carbocycles. The molecule has 0 unspecified atom stereocenters. The van der Waals surface area contributed by atoms with Crippen molar-refractivity contribution in [1.82, 2.24) is 68.3 Å². The first kappa shape index (κ1) is 95.0. The predicted octanol–water partition coefficient (Wildman–Crippen LogP) is -4.30. The van der Waals surface area contributed by atoms with Crippen molar-refractivity contribution in [1.29, 1.82) is 0 Å². The standard InChI is InChI=1S/C70H111N15O23S2/c1-35(2)28-43(77-63(100)46(31-53(90)91)78-64(101)50-19-14-26-85(50)69(106)49(34-109)81-62(99)45(30-39-16-10-9-11-17-39)75-57(94)40(72)23-27-110-8)60(97)76-44(29-36(3)4)61(98)79-47(32-54(92)93)68(105)84-25-15-20-51(84)65(102)83-56(38(7)87)67(104)74-42(21-22-52(88)89)58(95)73-41(18-12-13-24-71)59(96)82-55(37(5)6)66(103)80-48(33-86)70(107)108/h9-11,16-17,35-38,40-51,55-56,86-87,109H,12-15,18-34,71-72H2,1-8H3,(H,73,95)(H,74,104)(H,75,94)(H,76,97)(H,77,100)(H,78,101)(H,79,98)(H,80,103)(H,81,99)(H,82,96)(H,83,102)(H,88,89)(H,90,91)(H,92,93)(H,107,108)/t38-,40+,41+,42+,43+,44+,45+,46+,47+,48+,49+,50+,51+,55+,56+/m1/s1. The number of carbonyl (C=O) groups is 17. The average Bonchev–Trinajstić information content (AvgIpc) is 1.63. The van der Waals surface area contributed by atoms with Crippen LogP contribution >= 0.6 is 24.4 Å². The Bertz CT molecular complexity index is 3360. The van der Waals surface area contributed by atoms with E-state index < -0.39 is 241 Å². The van der Waals surface area contributed by atoms with Crippen molar-refractivity contribution in [2.45, 2.75) is 235 Å². The lowest BCUT2D eigenvalue weighted by Crippen LogP contribution is -2.62. The van der Waals surface area contributed by atoms with Crippen LogP contribution in [0, 0.1) is 17.8 Å². The van der Waals surface area contributed by atoms with Gasteiger partial charge in [-0.2, -0.15) is 24.4 Å². The molecule has 1 aromatic rings. The van der Waals surface area contributed by atoms with Gasteiger partial charge in [0.25, 0.3) is 0 Å². The van der Waals surface area contributed by atoms with Crippen LogP contribution in [0.15, 0.2) is 30.3 Å². The number of rotatable bonds is 49. The number of nitrogens with two attached hydrogens (primary N) is 2. The maximum atomic E-state index is 14.6. The summed E-state index contributed by atoms with van der Waals surface area (Å²) in [6.45, 7) is 9.65. The summed E-state index contributed by atoms with van der Waals surface area (Å²) in [4.78, 5) is 233. The van der Waals surface area contributed by atoms with Crippen molar-refractivity contribution >= 4 is 125 Å². The van der Waals surface area contributed by atoms with Gasteiger partial charge in [-0.15, -0.1) is 0 Å². The second kappa shape index (κ2) is 47.7. The number of aliphatic carboxylic acids is 4. The summed E-state index contributed by atoms with van der Waals surface area (Å²) in [6, 6.07) is -13.0. The molecule has 0 aromatic heterocycles. The van der Waals surface area contributed by atoms with E-state index in [4.69, 9.17) is 11.5 Å². The van der Waals surface area contributed by atoms with Gasteiger partial charge in [-0.3, -0.25) is 76.7 Å². The summed E-state index contributed by atoms with van der Waals surface area (Å²) in [5.74, 6) is -20.4. The minimum Gasteiger partial charge on any atom is -0.481 e. The van der Waals surface area contributed by atoms with Crippen LogP contribution in [0.4, 0.5) is 0 Å². The summed E-state index contributed by atoms with van der Waals surface area (Å²) in [7, 11) is 0. The lowest BCUT2D eigenvalue weighted by Gasteiger charge is -2.31. The molecule has 40 heteroatoms. The number of carboxylic acid groups (broad SMARTS) is 4. The highest BCUT2D eigenvalue weighted by atomic mass is 32.2. The fraction of sp³-hybridized carbons (Fsp3) is 0.671. The molecule has 15 atom stereocenters. The minimum absolute atomic E-state index is 0.0133. The van der Waals surface area contributed by atoms with E-state index in [-0.39, 0.29) is 83.2 Å². The SMILES string of the molecule is CSCC[C@H](N)C(=O)N[C@@H](Cc1ccccc1)C(=O)N[C@@H](CS)C(=O)N1CCC[C@H]1C(=O)N[C@@H](CC(=O)O)C(=O)N[C@@H](CC(C)C)C(=O)N[C@@H](CC(C)C)C(=O)N[C@@H](CC(=O)O)C(=O)N1CCC[C@H]1C(=O)N[C@H](C(=O)N[C@@H](CCC(=O)O)C(=O)N[C@@H](CCCCN)C(=O)N[C@H](C(=O)N[C@@H](CO)C(=O)O)C(C)C)[C@@H](C)O. The van der Waals surface area contributed by atoms with Gasteiger partial charge in [-0.25, -0.2) is 4.79 Å². The van der Waals surface area contributed by atoms with E-state index in [9.17, 15) is 112 Å². The monoisotopic (exact) mass is 1590 g/mol. The van der Waals surface area contributed by atoms with Gasteiger partial charge in [0.05, 0.1) is 31.6 Å². The molecule has 0 radical (unpaired) electrons. The number of amides is 13. The van der Waals surface area contributed by atoms with Crippen LogP contribution in [0.2, 0.25) is 0 Å². The van der Waals surface area contributed by atoms with Crippen LogP contribution in [0.25, 0.3) is 0 Å². The van der Waals surface area contributed by atoms with E-state index in [0.717, 1.165) is 16.7 Å². The number of thioether (sulfide) groups is 1. The second-order valence-corrected chi connectivity index (χ2v) is 29.7. The largest absolute Gasteiger partial charge is 0.481 e. The number of hydrogen-bond acceptors (Lipinski definition) is 23. The van der Waals surface area contributed by atoms with Gasteiger partial charge >= 0.3 is 23.9 Å². The van der Waals surface area contributed by atoms with E-state index >= 15 is 0 Å². The Morgan fingerprint density at radius 2 is 0.936 bits per heavy atom. The molecular weight excluding hydrogens is 1480 g/mol. The third kappa shape index (κ3) is 31.6. The average molecular weight is 1590 g/mol. The molecule has 2 aliphatic heterocycles. The van der Waals surface area contributed by atoms with Crippen molar-refractivity contribution in [2.24, 2.45) is 29.2 Å². The Kier molecular flexibility index (Phi) is 41.2. The molecule has 2 fully saturated rings. The molecule has 616 valence electrons. The molecular formula is C70H111N15O23S2. The van der Waals surface area contributed by atoms with Gasteiger partial charge in [0.2, 0.25) is 76.8 Å². The molecule has 21 N–H and O–H groups in total. The van der Waals surface area contributed by atoms with Crippen LogP contribution in [-0.2, 0) is 87.9 Å². The number of hydrogen-bond donors (Lipinski definition) is 20. The molecule has 2 saturated heterocycles. The van der Waals surface area contributed by atoms with Gasteiger partial charge < -0.3 is 110 Å². The lowest BCUT2D eigenvalue weighted by atomic mass is 9.99. The highest BCUT2D eigenvalue weighted by Gasteiger charge is 2.44. The number of benzene rings is 1. The van der Waals surface area contributed by atoms with Crippen molar-refractivity contribution in [3.8, 4) is 0 Å². The number of unbranched alkanes of at least 4 members (excludes halogenated alkanes) is 1. The van der Waals surface area contributed by atoms with Gasteiger partial charge in [-0.1, -0.05) is 71.9 Å². The van der Waals surface area contributed by atoms with E-state index in [1.807, 2.05) is 6.26 Å². The summed E-state index contributed by atoms with van der Waals surface area (Å²) in [5, 5.41) is 86.3. The third-order valence-corrected chi connectivity index (χ3v) is 19.0. The number of carbonyl (C=O) groups excluding carboxylic acids is 13. The summed E-state index contributed by atoms with van der Waals surface area (Å²) < 4.78 is 0. The first-order valence-electron chi connectivity index (χ1n) is 36.5. The van der Waals surface area contributed by atoms with Gasteiger partial charge in [0, 0.05) is 31.7 Å². The van der Waals surface area contributed by atoms with Gasteiger partial charge in [0.15, 0.2) is 0 Å². The summed E-state index contributed by atoms with van der Waals surface area (Å²) in [6.07, 6.45) is -2.81. The smallest absolute Gasteiger partial charge is 0.328 e. The number of likely N-dealkylation sites (tertiary alicyclic amines) is 2. The lowest BCUT2D eigenvalue weighted by molar-refractivity contribution is -0.146. The van der Waals surface area contributed by atoms with Crippen LogP contribution in [0.5, 0.6) is 0 Å². The number of thiol groups is 1. The topological polar surface area (TPSA) is 602 Å². The molecule has 3 rings (SSSR count). The number of nitrogens with one attached hydrogen (secondary N) is 11. The summed E-state index contributed by atoms with van der Waals surface area (Å²) >= 11 is 5.81. The zero-order valence-electron chi connectivity index (χ0n) is 63.2. The molecule has 2 heterocycles. The highest BCUT2D eigenvalue weighted by molar-refractivity contribution is 7.98. The maximum absolute atomic E-state index is 14.6. The zero-order valence-corrected chi connectivity index (χ0v) is 64.9. The molecule has 2 aliphatic rings. The highest BCUT2D eigenvalue weighted by Crippen LogP contribution is 2.23. The van der Waals surface area contributed by atoms with Crippen LogP contribution in [0.1, 0.15) is 144 Å². The van der Waals surface area contributed by atoms with E-state index in [2.05, 4.69) is 71.1 Å². The first-order chi connectivity index (χ1) is 51.8. The fourth-order valence-corrected chi connectivity index (χ4v) is 12.9. The Morgan fingerprint density at radius 3 is 1.42 bits per heavy atom. The van der Waals surface area contributed by atoms with Crippen molar-refractivity contribution in [2.75, 3.05) is 44.0 Å². The molecule has 0 saturated carbocycles. The second-order valence-electron chi connectivity index (χ2n) is 28.3. The van der Waals surface area contributed by atoms with Crippen LogP contribution in [-0.4, -0.2) is 276 Å². The van der Waals surface area contributed by atoms with Crippen molar-refractivity contribution in [3.05, 3.63) is 35.9 Å². The number of carboxylic acids is 4. The van der Waals surface area contributed by atoms with Crippen LogP contribution < -0.4 is 70.0 Å². The van der Waals surface area contributed by atoms with Gasteiger partial charge in [0.1, 0.15) is 78.5 Å². The number of aliphatic hydroxyl groups excluding tert-OH is 2. The Balaban J connectivity index is 1.86. The minimum atomic E-state index is -1.96. The van der Waals surface area contributed by atoms with Gasteiger partial charge in [-0.05, 0) is 119 Å². The quantitative estimate of drug-likeness (QED) is 0.0217. The number of nitrogens with zero attached hydrogens (tertiary/aromatic N) is 2. The normalized spacial score (nSPS) is 17.6. The van der Waals surface area contributed by atoms with E-state index in [1.54, 1.807) is 58.0 Å². The Morgan fingerprint density at radius 1 is 0.500 bits per heavy atom. The predicted molar refractivity (Wildman–Crippen MR) is 400 cm³/mol. The molecule has 0 bridgehead atoms. The fourth-order valence-electron chi connectivity index (χ4n) is 12.1.